The zero-order chi connectivity index (χ0) is 17.4. The summed E-state index contributed by atoms with van der Waals surface area (Å²) in [6, 6.07) is 19.3. The quantitative estimate of drug-likeness (QED) is 0.483. The molecule has 0 saturated heterocycles. The number of para-hydroxylation sites is 1. The van der Waals surface area contributed by atoms with Crippen molar-refractivity contribution in [2.75, 3.05) is 5.32 Å². The Morgan fingerprint density at radius 1 is 1.04 bits per heavy atom. The van der Waals surface area contributed by atoms with Gasteiger partial charge in [-0.25, -0.2) is 0 Å². The number of nitrogens with one attached hydrogen (secondary N) is 2. The van der Waals surface area contributed by atoms with Crippen LogP contribution in [0.25, 0.3) is 21.8 Å². The number of aromatic nitrogens is 1. The molecule has 0 aliphatic rings. The first-order valence-corrected chi connectivity index (χ1v) is 8.64. The lowest BCUT2D eigenvalue weighted by Crippen LogP contribution is -2.12. The Hall–Kier alpha value is -2.78. The Morgan fingerprint density at radius 2 is 1.88 bits per heavy atom. The van der Waals surface area contributed by atoms with Crippen molar-refractivity contribution in [2.45, 2.75) is 13.3 Å². The number of H-pyrrole nitrogens is 1. The van der Waals surface area contributed by atoms with E-state index in [1.165, 1.54) is 10.9 Å². The van der Waals surface area contributed by atoms with Gasteiger partial charge in [0.2, 0.25) is 0 Å². The maximum Gasteiger partial charge on any atom is 0.257 e. The average Bonchev–Trinajstić information content (AvgIpc) is 2.99. The van der Waals surface area contributed by atoms with Gasteiger partial charge in [0, 0.05) is 27.5 Å². The first-order valence-electron chi connectivity index (χ1n) is 8.26. The average molecular weight is 349 g/mol. The van der Waals surface area contributed by atoms with E-state index in [0.717, 1.165) is 28.5 Å². The van der Waals surface area contributed by atoms with Gasteiger partial charge in [0.1, 0.15) is 0 Å². The van der Waals surface area contributed by atoms with Crippen LogP contribution in [0.3, 0.4) is 0 Å². The molecule has 0 radical (unpaired) electrons. The van der Waals surface area contributed by atoms with E-state index in [9.17, 15) is 4.79 Å². The van der Waals surface area contributed by atoms with Gasteiger partial charge in [-0.1, -0.05) is 54.9 Å². The fourth-order valence-electron chi connectivity index (χ4n) is 3.21. The Kier molecular flexibility index (Phi) is 3.94. The third kappa shape index (κ3) is 2.77. The summed E-state index contributed by atoms with van der Waals surface area (Å²) >= 11 is 6.10. The van der Waals surface area contributed by atoms with Crippen LogP contribution < -0.4 is 5.32 Å². The molecule has 1 heterocycles. The third-order valence-electron chi connectivity index (χ3n) is 4.48. The van der Waals surface area contributed by atoms with Crippen LogP contribution in [-0.2, 0) is 6.42 Å². The van der Waals surface area contributed by atoms with E-state index in [0.29, 0.717) is 10.6 Å². The molecule has 4 heteroatoms. The predicted molar refractivity (Wildman–Crippen MR) is 105 cm³/mol. The van der Waals surface area contributed by atoms with E-state index >= 15 is 0 Å². The van der Waals surface area contributed by atoms with E-state index in [2.05, 4.69) is 35.4 Å². The summed E-state index contributed by atoms with van der Waals surface area (Å²) < 4.78 is 0. The largest absolute Gasteiger partial charge is 0.354 e. The summed E-state index contributed by atoms with van der Waals surface area (Å²) in [6.45, 7) is 2.15. The van der Waals surface area contributed by atoms with Crippen molar-refractivity contribution in [3.8, 4) is 0 Å². The number of amides is 1. The Balaban J connectivity index is 1.73. The molecule has 0 unspecified atom stereocenters. The van der Waals surface area contributed by atoms with Gasteiger partial charge in [0.15, 0.2) is 0 Å². The molecule has 4 rings (SSSR count). The highest BCUT2D eigenvalue weighted by molar-refractivity contribution is 6.34. The molecule has 0 fully saturated rings. The number of carbonyl (C=O) groups is 1. The van der Waals surface area contributed by atoms with Crippen LogP contribution in [0.2, 0.25) is 5.02 Å². The number of fused-ring (bicyclic) bond motifs is 3. The summed E-state index contributed by atoms with van der Waals surface area (Å²) in [5, 5.41) is 5.73. The lowest BCUT2D eigenvalue weighted by Gasteiger charge is -2.06. The molecule has 0 spiro atoms. The van der Waals surface area contributed by atoms with Crippen LogP contribution in [0.1, 0.15) is 22.8 Å². The standard InChI is InChI=1S/C21H17ClN2O/c1-2-13-6-5-8-16-15-11-10-14(12-19(15)24-20(13)16)23-21(25)17-7-3-4-9-18(17)22/h3-12,24H,2H2,1H3,(H,23,25). The highest BCUT2D eigenvalue weighted by Gasteiger charge is 2.12. The van der Waals surface area contributed by atoms with E-state index < -0.39 is 0 Å². The van der Waals surface area contributed by atoms with Gasteiger partial charge >= 0.3 is 0 Å². The van der Waals surface area contributed by atoms with Crippen LogP contribution in [0.4, 0.5) is 5.69 Å². The molecule has 0 bridgehead atoms. The maximum absolute atomic E-state index is 12.4. The van der Waals surface area contributed by atoms with Crippen molar-refractivity contribution in [3.63, 3.8) is 0 Å². The monoisotopic (exact) mass is 348 g/mol. The Labute approximate surface area is 150 Å². The van der Waals surface area contributed by atoms with Gasteiger partial charge in [-0.05, 0) is 36.2 Å². The molecular weight excluding hydrogens is 332 g/mol. The summed E-state index contributed by atoms with van der Waals surface area (Å²) in [4.78, 5) is 15.9. The molecule has 1 amide bonds. The van der Waals surface area contributed by atoms with Crippen molar-refractivity contribution in [1.82, 2.24) is 4.98 Å². The van der Waals surface area contributed by atoms with Crippen LogP contribution >= 0.6 is 11.6 Å². The Morgan fingerprint density at radius 3 is 2.68 bits per heavy atom. The second-order valence-corrected chi connectivity index (χ2v) is 6.42. The molecule has 0 saturated carbocycles. The fraction of sp³-hybridized carbons (Fsp3) is 0.0952. The lowest BCUT2D eigenvalue weighted by molar-refractivity contribution is 0.102. The minimum Gasteiger partial charge on any atom is -0.354 e. The number of aromatic amines is 1. The van der Waals surface area contributed by atoms with Gasteiger partial charge in [-0.2, -0.15) is 0 Å². The van der Waals surface area contributed by atoms with E-state index in [-0.39, 0.29) is 5.91 Å². The number of benzene rings is 3. The van der Waals surface area contributed by atoms with Gasteiger partial charge in [0.25, 0.3) is 5.91 Å². The van der Waals surface area contributed by atoms with Gasteiger partial charge < -0.3 is 10.3 Å². The number of halogens is 1. The fourth-order valence-corrected chi connectivity index (χ4v) is 3.43. The lowest BCUT2D eigenvalue weighted by atomic mass is 10.1. The molecule has 3 aromatic carbocycles. The summed E-state index contributed by atoms with van der Waals surface area (Å²) in [5.74, 6) is -0.213. The molecule has 0 atom stereocenters. The van der Waals surface area contributed by atoms with E-state index in [4.69, 9.17) is 11.6 Å². The predicted octanol–water partition coefficient (Wildman–Crippen LogP) is 5.79. The second kappa shape index (κ2) is 6.26. The van der Waals surface area contributed by atoms with Gasteiger partial charge in [-0.3, -0.25) is 4.79 Å². The van der Waals surface area contributed by atoms with Crippen molar-refractivity contribution < 1.29 is 4.79 Å². The number of anilines is 1. The molecular formula is C21H17ClN2O. The molecule has 0 aliphatic heterocycles. The molecule has 2 N–H and O–H groups in total. The molecule has 0 aliphatic carbocycles. The van der Waals surface area contributed by atoms with Crippen LogP contribution in [-0.4, -0.2) is 10.9 Å². The van der Waals surface area contributed by atoms with Crippen LogP contribution in [0.15, 0.2) is 60.7 Å². The maximum atomic E-state index is 12.4. The molecule has 124 valence electrons. The zero-order valence-corrected chi connectivity index (χ0v) is 14.5. The second-order valence-electron chi connectivity index (χ2n) is 6.01. The minimum absolute atomic E-state index is 0.213. The topological polar surface area (TPSA) is 44.9 Å². The van der Waals surface area contributed by atoms with E-state index in [1.54, 1.807) is 24.3 Å². The van der Waals surface area contributed by atoms with Crippen LogP contribution in [0.5, 0.6) is 0 Å². The van der Waals surface area contributed by atoms with Crippen molar-refractivity contribution in [2.24, 2.45) is 0 Å². The highest BCUT2D eigenvalue weighted by atomic mass is 35.5. The number of hydrogen-bond donors (Lipinski definition) is 2. The summed E-state index contributed by atoms with van der Waals surface area (Å²) in [7, 11) is 0. The zero-order valence-electron chi connectivity index (χ0n) is 13.8. The van der Waals surface area contributed by atoms with Crippen LogP contribution in [0, 0.1) is 0 Å². The minimum atomic E-state index is -0.213. The number of hydrogen-bond acceptors (Lipinski definition) is 1. The van der Waals surface area contributed by atoms with Crippen molar-refractivity contribution >= 4 is 45.0 Å². The first kappa shape index (κ1) is 15.7. The van der Waals surface area contributed by atoms with E-state index in [1.807, 2.05) is 18.2 Å². The smallest absolute Gasteiger partial charge is 0.257 e. The normalized spacial score (nSPS) is 11.1. The summed E-state index contributed by atoms with van der Waals surface area (Å²) in [6.07, 6.45) is 0.972. The third-order valence-corrected chi connectivity index (χ3v) is 4.81. The van der Waals surface area contributed by atoms with Crippen molar-refractivity contribution in [3.05, 3.63) is 76.8 Å². The number of aryl methyl sites for hydroxylation is 1. The molecule has 3 nitrogen and oxygen atoms in total. The van der Waals surface area contributed by atoms with Gasteiger partial charge in [-0.15, -0.1) is 0 Å². The highest BCUT2D eigenvalue weighted by Crippen LogP contribution is 2.30. The summed E-state index contributed by atoms with van der Waals surface area (Å²) in [5.41, 5.74) is 4.66. The van der Waals surface area contributed by atoms with Crippen molar-refractivity contribution in [1.29, 1.82) is 0 Å². The number of rotatable bonds is 3. The SMILES string of the molecule is CCc1cccc2c1[nH]c1cc(NC(=O)c3ccccc3Cl)ccc12. The molecule has 25 heavy (non-hydrogen) atoms. The molecule has 1 aromatic heterocycles. The molecule has 4 aromatic rings. The number of carbonyl (C=O) groups excluding carboxylic acids is 1. The first-order chi connectivity index (χ1) is 12.2. The Bertz CT molecular complexity index is 1100. The van der Waals surface area contributed by atoms with Gasteiger partial charge in [0.05, 0.1) is 10.6 Å².